The first-order chi connectivity index (χ1) is 14.5. The number of likely N-dealkylation sites (N-methyl/N-ethyl adjacent to an activating group) is 1. The van der Waals surface area contributed by atoms with E-state index in [4.69, 9.17) is 4.42 Å². The van der Waals surface area contributed by atoms with Crippen LogP contribution in [0.5, 0.6) is 0 Å². The molecule has 2 saturated carbocycles. The molecule has 8 heteroatoms. The molecule has 3 aromatic rings. The van der Waals surface area contributed by atoms with Gasteiger partial charge in [-0.1, -0.05) is 30.3 Å². The van der Waals surface area contributed by atoms with Gasteiger partial charge in [-0.25, -0.2) is 9.97 Å². The van der Waals surface area contributed by atoms with Crippen molar-refractivity contribution in [3.8, 4) is 0 Å². The normalized spacial score (nSPS) is 28.1. The van der Waals surface area contributed by atoms with Gasteiger partial charge < -0.3 is 9.73 Å². The molecule has 0 spiro atoms. The second-order valence-corrected chi connectivity index (χ2v) is 8.42. The van der Waals surface area contributed by atoms with Gasteiger partial charge in [-0.15, -0.1) is 0 Å². The number of benzene rings is 1. The average Bonchev–Trinajstić information content (AvgIpc) is 3.53. The first-order valence-corrected chi connectivity index (χ1v) is 9.93. The fourth-order valence-electron chi connectivity index (χ4n) is 4.95. The van der Waals surface area contributed by atoms with E-state index in [1.165, 1.54) is 4.90 Å². The summed E-state index contributed by atoms with van der Waals surface area (Å²) in [7, 11) is 1.68. The van der Waals surface area contributed by atoms with Crippen LogP contribution >= 0.6 is 0 Å². The second-order valence-electron chi connectivity index (χ2n) is 8.42. The van der Waals surface area contributed by atoms with E-state index in [1.807, 2.05) is 30.3 Å². The summed E-state index contributed by atoms with van der Waals surface area (Å²) >= 11 is 0. The first-order valence-electron chi connectivity index (χ1n) is 9.93. The molecule has 2 aromatic heterocycles. The Morgan fingerprint density at radius 2 is 1.97 bits per heavy atom. The SMILES string of the molecule is CN1C(=O)[C@@H](NC(=O)c2ncc(Cc3ccccc3)o2)C23CC2(C3)c2nccnc21. The molecular formula is C22H19N5O3. The number of hydrogen-bond donors (Lipinski definition) is 1. The number of nitrogens with one attached hydrogen (secondary N) is 1. The maximum atomic E-state index is 13.2. The number of aromatic nitrogens is 3. The summed E-state index contributed by atoms with van der Waals surface area (Å²) in [6, 6.07) is 9.18. The molecule has 2 amide bonds. The summed E-state index contributed by atoms with van der Waals surface area (Å²) in [5.74, 6) is 0.493. The highest BCUT2D eigenvalue weighted by atomic mass is 16.4. The lowest BCUT2D eigenvalue weighted by atomic mass is 10.0. The van der Waals surface area contributed by atoms with Crippen molar-refractivity contribution in [3.05, 3.63) is 71.8 Å². The van der Waals surface area contributed by atoms with Gasteiger partial charge in [0.05, 0.1) is 11.9 Å². The molecule has 0 saturated heterocycles. The predicted molar refractivity (Wildman–Crippen MR) is 106 cm³/mol. The Hall–Kier alpha value is -3.55. The van der Waals surface area contributed by atoms with Crippen LogP contribution in [0.25, 0.3) is 0 Å². The predicted octanol–water partition coefficient (Wildman–Crippen LogP) is 1.86. The van der Waals surface area contributed by atoms with Crippen LogP contribution in [0, 0.1) is 5.41 Å². The number of rotatable bonds is 4. The molecule has 30 heavy (non-hydrogen) atoms. The van der Waals surface area contributed by atoms with E-state index in [9.17, 15) is 9.59 Å². The Kier molecular flexibility index (Phi) is 3.32. The molecule has 1 atom stereocenters. The third kappa shape index (κ3) is 2.24. The van der Waals surface area contributed by atoms with Gasteiger partial charge in [0.2, 0.25) is 0 Å². The number of amides is 2. The standard InChI is InChI=1S/C22H19N5O3/c1-27-17-15(23-7-8-24-17)21-11-22(21,12-21)16(20(27)29)26-18(28)19-25-10-14(30-19)9-13-5-3-2-4-6-13/h2-8,10,16H,9,11-12H2,1H3,(H,26,28)/t16-,21?,22?/m1/s1. The molecule has 0 radical (unpaired) electrons. The van der Waals surface area contributed by atoms with E-state index in [0.717, 1.165) is 24.1 Å². The van der Waals surface area contributed by atoms with E-state index < -0.39 is 11.9 Å². The summed E-state index contributed by atoms with van der Waals surface area (Å²) in [5, 5.41) is 2.89. The number of hydrogen-bond acceptors (Lipinski definition) is 6. The molecule has 8 nitrogen and oxygen atoms in total. The van der Waals surface area contributed by atoms with Crippen LogP contribution in [-0.4, -0.2) is 39.9 Å². The molecule has 6 rings (SSSR count). The zero-order valence-electron chi connectivity index (χ0n) is 16.3. The summed E-state index contributed by atoms with van der Waals surface area (Å²) < 4.78 is 5.67. The van der Waals surface area contributed by atoms with Crippen molar-refractivity contribution in [1.82, 2.24) is 20.3 Å². The second kappa shape index (κ2) is 5.75. The number of fused-ring (bicyclic) bond motifs is 1. The summed E-state index contributed by atoms with van der Waals surface area (Å²) in [6.45, 7) is 0. The van der Waals surface area contributed by atoms with Crippen molar-refractivity contribution in [3.63, 3.8) is 0 Å². The van der Waals surface area contributed by atoms with Gasteiger partial charge in [0, 0.05) is 36.7 Å². The monoisotopic (exact) mass is 401 g/mol. The Labute approximate surface area is 172 Å². The molecule has 0 unspecified atom stereocenters. The van der Waals surface area contributed by atoms with Crippen LogP contribution in [-0.2, 0) is 16.6 Å². The lowest BCUT2D eigenvalue weighted by molar-refractivity contribution is -0.121. The fraction of sp³-hybridized carbons (Fsp3) is 0.318. The molecule has 1 aliphatic heterocycles. The van der Waals surface area contributed by atoms with Crippen LogP contribution in [0.4, 0.5) is 5.82 Å². The van der Waals surface area contributed by atoms with Crippen LogP contribution in [0.2, 0.25) is 0 Å². The number of anilines is 1. The minimum absolute atomic E-state index is 0.0299. The quantitative estimate of drug-likeness (QED) is 0.716. The largest absolute Gasteiger partial charge is 0.437 e. The van der Waals surface area contributed by atoms with Gasteiger partial charge in [-0.3, -0.25) is 19.5 Å². The Morgan fingerprint density at radius 3 is 2.77 bits per heavy atom. The van der Waals surface area contributed by atoms with E-state index >= 15 is 0 Å². The number of carbonyl (C=O) groups is 2. The van der Waals surface area contributed by atoms with Gasteiger partial charge in [0.25, 0.3) is 11.8 Å². The minimum Gasteiger partial charge on any atom is -0.437 e. The Bertz CT molecular complexity index is 1180. The van der Waals surface area contributed by atoms with Crippen LogP contribution in [0.1, 0.15) is 40.5 Å². The molecule has 0 bridgehead atoms. The number of carbonyl (C=O) groups excluding carboxylic acids is 2. The van der Waals surface area contributed by atoms with E-state index in [0.29, 0.717) is 18.0 Å². The van der Waals surface area contributed by atoms with Gasteiger partial charge >= 0.3 is 5.91 Å². The van der Waals surface area contributed by atoms with Crippen molar-refractivity contribution < 1.29 is 14.0 Å². The molecule has 3 aliphatic rings. The van der Waals surface area contributed by atoms with Crippen molar-refractivity contribution in [2.24, 2.45) is 5.41 Å². The zero-order valence-corrected chi connectivity index (χ0v) is 16.3. The van der Waals surface area contributed by atoms with Crippen molar-refractivity contribution in [1.29, 1.82) is 0 Å². The smallest absolute Gasteiger partial charge is 0.307 e. The third-order valence-electron chi connectivity index (χ3n) is 6.76. The molecule has 1 N–H and O–H groups in total. The lowest BCUT2D eigenvalue weighted by Crippen LogP contribution is -2.50. The number of nitrogens with zero attached hydrogens (tertiary/aromatic N) is 4. The molecular weight excluding hydrogens is 382 g/mol. The topological polar surface area (TPSA) is 101 Å². The van der Waals surface area contributed by atoms with Gasteiger partial charge in [0.1, 0.15) is 11.8 Å². The van der Waals surface area contributed by atoms with E-state index in [-0.39, 0.29) is 22.6 Å². The minimum atomic E-state index is -0.643. The van der Waals surface area contributed by atoms with E-state index in [2.05, 4.69) is 20.3 Å². The highest BCUT2D eigenvalue weighted by Crippen LogP contribution is 2.88. The summed E-state index contributed by atoms with van der Waals surface area (Å²) in [6.07, 6.45) is 7.02. The van der Waals surface area contributed by atoms with Crippen LogP contribution in [0.3, 0.4) is 0 Å². The lowest BCUT2D eigenvalue weighted by Gasteiger charge is -2.26. The summed E-state index contributed by atoms with van der Waals surface area (Å²) in [4.78, 5) is 40.6. The maximum absolute atomic E-state index is 13.2. The number of oxazole rings is 1. The highest BCUT2D eigenvalue weighted by Gasteiger charge is 2.89. The third-order valence-corrected chi connectivity index (χ3v) is 6.76. The molecule has 3 heterocycles. The Balaban J connectivity index is 1.24. The Morgan fingerprint density at radius 1 is 1.20 bits per heavy atom. The zero-order chi connectivity index (χ0) is 20.5. The first kappa shape index (κ1) is 17.3. The maximum Gasteiger partial charge on any atom is 0.307 e. The van der Waals surface area contributed by atoms with Crippen molar-refractivity contribution >= 4 is 17.6 Å². The van der Waals surface area contributed by atoms with Gasteiger partial charge in [-0.2, -0.15) is 0 Å². The molecule has 2 aliphatic carbocycles. The average molecular weight is 401 g/mol. The van der Waals surface area contributed by atoms with Crippen molar-refractivity contribution in [2.75, 3.05) is 11.9 Å². The summed E-state index contributed by atoms with van der Waals surface area (Å²) in [5.41, 5.74) is 1.51. The van der Waals surface area contributed by atoms with E-state index in [1.54, 1.807) is 25.6 Å². The molecule has 2 fully saturated rings. The molecule has 1 aromatic carbocycles. The van der Waals surface area contributed by atoms with Gasteiger partial charge in [-0.05, 0) is 18.4 Å². The van der Waals surface area contributed by atoms with Crippen LogP contribution in [0.15, 0.2) is 53.3 Å². The highest BCUT2D eigenvalue weighted by molar-refractivity contribution is 6.04. The van der Waals surface area contributed by atoms with Crippen molar-refractivity contribution in [2.45, 2.75) is 30.7 Å². The molecule has 150 valence electrons. The fourth-order valence-corrected chi connectivity index (χ4v) is 4.95. The van der Waals surface area contributed by atoms with Gasteiger partial charge in [0.15, 0.2) is 5.82 Å². The van der Waals surface area contributed by atoms with Crippen LogP contribution < -0.4 is 10.2 Å².